The highest BCUT2D eigenvalue weighted by Gasteiger charge is 2.34. The van der Waals surface area contributed by atoms with E-state index in [1.165, 1.54) is 4.31 Å². The summed E-state index contributed by atoms with van der Waals surface area (Å²) < 4.78 is 38.5. The van der Waals surface area contributed by atoms with E-state index in [1.807, 2.05) is 6.92 Å². The SMILES string of the molecule is CCOC(=O)C1CCN(S(=O)(=O)c2cc(Br)ccc2OCC)CC1. The first-order valence-electron chi connectivity index (χ1n) is 7.99. The highest BCUT2D eigenvalue weighted by atomic mass is 79.9. The van der Waals surface area contributed by atoms with Gasteiger partial charge in [0.25, 0.3) is 0 Å². The fourth-order valence-corrected chi connectivity index (χ4v) is 4.83. The lowest BCUT2D eigenvalue weighted by molar-refractivity contribution is -0.149. The van der Waals surface area contributed by atoms with Crippen molar-refractivity contribution in [3.63, 3.8) is 0 Å². The molecule has 1 aliphatic heterocycles. The third-order valence-electron chi connectivity index (χ3n) is 3.90. The standard InChI is InChI=1S/C16H22BrNO5S/c1-3-22-14-6-5-13(17)11-15(14)24(20,21)18-9-7-12(8-10-18)16(19)23-4-2/h5-6,11-12H,3-4,7-10H2,1-2H3. The van der Waals surface area contributed by atoms with E-state index >= 15 is 0 Å². The quantitative estimate of drug-likeness (QED) is 0.662. The van der Waals surface area contributed by atoms with Gasteiger partial charge in [-0.2, -0.15) is 4.31 Å². The molecule has 2 rings (SSSR count). The van der Waals surface area contributed by atoms with E-state index in [0.717, 1.165) is 0 Å². The Morgan fingerprint density at radius 1 is 1.25 bits per heavy atom. The van der Waals surface area contributed by atoms with Gasteiger partial charge >= 0.3 is 5.97 Å². The maximum Gasteiger partial charge on any atom is 0.309 e. The molecule has 0 aromatic heterocycles. The number of hydrogen-bond acceptors (Lipinski definition) is 5. The molecule has 0 spiro atoms. The van der Waals surface area contributed by atoms with Gasteiger partial charge in [-0.3, -0.25) is 4.79 Å². The van der Waals surface area contributed by atoms with Crippen molar-refractivity contribution in [1.82, 2.24) is 4.31 Å². The van der Waals surface area contributed by atoms with Gasteiger partial charge in [-0.15, -0.1) is 0 Å². The van der Waals surface area contributed by atoms with Crippen LogP contribution in [0.15, 0.2) is 27.6 Å². The predicted octanol–water partition coefficient (Wildman–Crippen LogP) is 2.81. The van der Waals surface area contributed by atoms with Gasteiger partial charge in [-0.25, -0.2) is 8.42 Å². The molecular weight excluding hydrogens is 398 g/mol. The Kier molecular flexibility index (Phi) is 6.65. The molecule has 134 valence electrons. The molecule has 1 aromatic carbocycles. The number of carbonyl (C=O) groups is 1. The highest BCUT2D eigenvalue weighted by molar-refractivity contribution is 9.10. The number of carbonyl (C=O) groups excluding carboxylic acids is 1. The summed E-state index contributed by atoms with van der Waals surface area (Å²) in [6, 6.07) is 4.95. The summed E-state index contributed by atoms with van der Waals surface area (Å²) in [5.41, 5.74) is 0. The van der Waals surface area contributed by atoms with Crippen molar-refractivity contribution in [1.29, 1.82) is 0 Å². The number of rotatable bonds is 6. The third-order valence-corrected chi connectivity index (χ3v) is 6.31. The fourth-order valence-electron chi connectivity index (χ4n) is 2.69. The van der Waals surface area contributed by atoms with E-state index < -0.39 is 10.0 Å². The summed E-state index contributed by atoms with van der Waals surface area (Å²) >= 11 is 3.31. The van der Waals surface area contributed by atoms with Crippen molar-refractivity contribution >= 4 is 31.9 Å². The number of sulfonamides is 1. The van der Waals surface area contributed by atoms with Crippen LogP contribution in [0, 0.1) is 5.92 Å². The second kappa shape index (κ2) is 8.31. The van der Waals surface area contributed by atoms with Gasteiger partial charge in [0.1, 0.15) is 10.6 Å². The van der Waals surface area contributed by atoms with Crippen LogP contribution < -0.4 is 4.74 Å². The van der Waals surface area contributed by atoms with Crippen LogP contribution in [0.1, 0.15) is 26.7 Å². The summed E-state index contributed by atoms with van der Waals surface area (Å²) in [6.45, 7) is 4.89. The van der Waals surface area contributed by atoms with Crippen LogP contribution in [0.4, 0.5) is 0 Å². The zero-order valence-corrected chi connectivity index (χ0v) is 16.2. The topological polar surface area (TPSA) is 72.9 Å². The molecular formula is C16H22BrNO5S. The second-order valence-corrected chi connectivity index (χ2v) is 8.28. The summed E-state index contributed by atoms with van der Waals surface area (Å²) in [5, 5.41) is 0. The third kappa shape index (κ3) is 4.29. The average molecular weight is 420 g/mol. The molecule has 0 bridgehead atoms. The van der Waals surface area contributed by atoms with Crippen LogP contribution >= 0.6 is 15.9 Å². The smallest absolute Gasteiger partial charge is 0.309 e. The van der Waals surface area contributed by atoms with E-state index in [-0.39, 0.29) is 16.8 Å². The van der Waals surface area contributed by atoms with E-state index in [2.05, 4.69) is 15.9 Å². The number of halogens is 1. The van der Waals surface area contributed by atoms with Gasteiger partial charge < -0.3 is 9.47 Å². The molecule has 0 radical (unpaired) electrons. The first-order chi connectivity index (χ1) is 11.4. The van der Waals surface area contributed by atoms with Crippen LogP contribution in [-0.2, 0) is 19.6 Å². The van der Waals surface area contributed by atoms with Crippen molar-refractivity contribution in [2.24, 2.45) is 5.92 Å². The first-order valence-corrected chi connectivity index (χ1v) is 10.2. The molecule has 1 saturated heterocycles. The second-order valence-electron chi connectivity index (χ2n) is 5.45. The van der Waals surface area contributed by atoms with Crippen LogP contribution in [0.2, 0.25) is 0 Å². The van der Waals surface area contributed by atoms with Crippen molar-refractivity contribution in [2.75, 3.05) is 26.3 Å². The molecule has 8 heteroatoms. The number of esters is 1. The molecule has 0 unspecified atom stereocenters. The van der Waals surface area contributed by atoms with E-state index in [0.29, 0.717) is 49.4 Å². The number of nitrogens with zero attached hydrogens (tertiary/aromatic N) is 1. The maximum atomic E-state index is 12.9. The molecule has 0 saturated carbocycles. The summed E-state index contributed by atoms with van der Waals surface area (Å²) in [6.07, 6.45) is 0.937. The lowest BCUT2D eigenvalue weighted by atomic mass is 9.98. The van der Waals surface area contributed by atoms with Crippen molar-refractivity contribution in [3.05, 3.63) is 22.7 Å². The average Bonchev–Trinajstić information content (AvgIpc) is 2.57. The minimum Gasteiger partial charge on any atom is -0.492 e. The Balaban J connectivity index is 2.18. The molecule has 0 atom stereocenters. The van der Waals surface area contributed by atoms with Gasteiger partial charge in [0.15, 0.2) is 0 Å². The summed E-state index contributed by atoms with van der Waals surface area (Å²) in [7, 11) is -3.67. The van der Waals surface area contributed by atoms with Gasteiger partial charge in [0.2, 0.25) is 10.0 Å². The minimum atomic E-state index is -3.67. The van der Waals surface area contributed by atoms with E-state index in [4.69, 9.17) is 9.47 Å². The molecule has 24 heavy (non-hydrogen) atoms. The Morgan fingerprint density at radius 3 is 2.50 bits per heavy atom. The number of benzene rings is 1. The molecule has 1 aliphatic rings. The van der Waals surface area contributed by atoms with Crippen molar-refractivity contribution < 1.29 is 22.7 Å². The van der Waals surface area contributed by atoms with Crippen LogP contribution in [0.3, 0.4) is 0 Å². The molecule has 6 nitrogen and oxygen atoms in total. The lowest BCUT2D eigenvalue weighted by Gasteiger charge is -2.30. The van der Waals surface area contributed by atoms with Gasteiger partial charge in [-0.05, 0) is 44.9 Å². The molecule has 0 N–H and O–H groups in total. The molecule has 0 aliphatic carbocycles. The molecule has 1 aromatic rings. The number of ether oxygens (including phenoxy) is 2. The zero-order chi connectivity index (χ0) is 17.7. The zero-order valence-electron chi connectivity index (χ0n) is 13.8. The monoisotopic (exact) mass is 419 g/mol. The Bertz CT molecular complexity index is 684. The van der Waals surface area contributed by atoms with Gasteiger partial charge in [0, 0.05) is 17.6 Å². The van der Waals surface area contributed by atoms with Crippen LogP contribution in [0.5, 0.6) is 5.75 Å². The van der Waals surface area contributed by atoms with Crippen LogP contribution in [-0.4, -0.2) is 45.0 Å². The summed E-state index contributed by atoms with van der Waals surface area (Å²) in [5.74, 6) is -0.134. The highest BCUT2D eigenvalue weighted by Crippen LogP contribution is 2.32. The van der Waals surface area contributed by atoms with E-state index in [1.54, 1.807) is 25.1 Å². The molecule has 1 heterocycles. The first kappa shape index (κ1) is 19.2. The molecule has 1 fully saturated rings. The van der Waals surface area contributed by atoms with E-state index in [9.17, 15) is 13.2 Å². The van der Waals surface area contributed by atoms with Crippen molar-refractivity contribution in [3.8, 4) is 5.75 Å². The Morgan fingerprint density at radius 2 is 1.92 bits per heavy atom. The Hall–Kier alpha value is -1.12. The lowest BCUT2D eigenvalue weighted by Crippen LogP contribution is -2.40. The Labute approximate surface area is 151 Å². The van der Waals surface area contributed by atoms with Gasteiger partial charge in [-0.1, -0.05) is 15.9 Å². The fraction of sp³-hybridized carbons (Fsp3) is 0.562. The minimum absolute atomic E-state index is 0.147. The number of piperidine rings is 1. The van der Waals surface area contributed by atoms with Gasteiger partial charge in [0.05, 0.1) is 19.1 Å². The normalized spacial score (nSPS) is 16.8. The predicted molar refractivity (Wildman–Crippen MR) is 93.4 cm³/mol. The molecule has 0 amide bonds. The largest absolute Gasteiger partial charge is 0.492 e. The van der Waals surface area contributed by atoms with Crippen LogP contribution in [0.25, 0.3) is 0 Å². The maximum absolute atomic E-state index is 12.9. The summed E-state index contributed by atoms with van der Waals surface area (Å²) in [4.78, 5) is 11.9. The number of hydrogen-bond donors (Lipinski definition) is 0. The van der Waals surface area contributed by atoms with Crippen molar-refractivity contribution in [2.45, 2.75) is 31.6 Å².